The van der Waals surface area contributed by atoms with Crippen LogP contribution in [-0.2, 0) is 21.4 Å². The van der Waals surface area contributed by atoms with E-state index in [0.717, 1.165) is 24.9 Å². The van der Waals surface area contributed by atoms with Crippen LogP contribution in [0.4, 0.5) is 11.4 Å². The van der Waals surface area contributed by atoms with Gasteiger partial charge in [0, 0.05) is 25.3 Å². The maximum absolute atomic E-state index is 12.7. The van der Waals surface area contributed by atoms with Crippen LogP contribution in [0.25, 0.3) is 0 Å². The van der Waals surface area contributed by atoms with Crippen LogP contribution in [-0.4, -0.2) is 46.3 Å². The Bertz CT molecular complexity index is 985. The normalized spacial score (nSPS) is 18.9. The van der Waals surface area contributed by atoms with E-state index in [1.165, 1.54) is 22.8 Å². The van der Waals surface area contributed by atoms with Crippen LogP contribution in [0.15, 0.2) is 48.5 Å². The lowest BCUT2D eigenvalue weighted by Gasteiger charge is -2.33. The van der Waals surface area contributed by atoms with Gasteiger partial charge < -0.3 is 15.0 Å². The van der Waals surface area contributed by atoms with Crippen molar-refractivity contribution in [3.05, 3.63) is 54.1 Å². The number of anilines is 2. The number of fused-ring (bicyclic) bond motifs is 1. The Balaban J connectivity index is 1.41. The number of hydrogen-bond donors (Lipinski definition) is 1. The second-order valence-electron chi connectivity index (χ2n) is 7.45. The van der Waals surface area contributed by atoms with Gasteiger partial charge in [-0.2, -0.15) is 0 Å². The average Bonchev–Trinajstić information content (AvgIpc) is 3.25. The highest BCUT2D eigenvalue weighted by Crippen LogP contribution is 2.34. The van der Waals surface area contributed by atoms with Gasteiger partial charge in [0.1, 0.15) is 5.75 Å². The molecule has 2 aromatic rings. The first-order valence-electron chi connectivity index (χ1n) is 9.77. The highest BCUT2D eigenvalue weighted by atomic mass is 32.2. The lowest BCUT2D eigenvalue weighted by atomic mass is 10.2. The van der Waals surface area contributed by atoms with Gasteiger partial charge in [0.15, 0.2) is 6.10 Å². The smallest absolute Gasteiger partial charge is 0.263 e. The Kier molecular flexibility index (Phi) is 5.36. The number of nitrogens with zero attached hydrogens (tertiary/aromatic N) is 2. The molecule has 2 aromatic carbocycles. The van der Waals surface area contributed by atoms with Gasteiger partial charge in [-0.05, 0) is 42.7 Å². The summed E-state index contributed by atoms with van der Waals surface area (Å²) in [7, 11) is -3.52. The third-order valence-corrected chi connectivity index (χ3v) is 6.45. The molecule has 0 bridgehead atoms. The number of ether oxygens (including phenoxy) is 1. The fraction of sp³-hybridized carbons (Fsp3) is 0.381. The van der Waals surface area contributed by atoms with Crippen molar-refractivity contribution in [2.75, 3.05) is 35.1 Å². The summed E-state index contributed by atoms with van der Waals surface area (Å²) < 4.78 is 31.3. The molecule has 2 aliphatic heterocycles. The number of sulfonamides is 1. The maximum Gasteiger partial charge on any atom is 0.263 e. The fourth-order valence-electron chi connectivity index (χ4n) is 3.76. The summed E-state index contributed by atoms with van der Waals surface area (Å²) >= 11 is 0. The number of amides is 1. The Morgan fingerprint density at radius 1 is 1.10 bits per heavy atom. The number of rotatable bonds is 5. The van der Waals surface area contributed by atoms with Crippen molar-refractivity contribution in [3.63, 3.8) is 0 Å². The van der Waals surface area contributed by atoms with Crippen LogP contribution in [0.1, 0.15) is 18.4 Å². The predicted molar refractivity (Wildman–Crippen MR) is 113 cm³/mol. The Morgan fingerprint density at radius 3 is 2.48 bits per heavy atom. The first-order chi connectivity index (χ1) is 13.9. The highest BCUT2D eigenvalue weighted by Gasteiger charge is 2.34. The molecule has 2 heterocycles. The van der Waals surface area contributed by atoms with Crippen molar-refractivity contribution in [3.8, 4) is 5.75 Å². The minimum Gasteiger partial charge on any atom is -0.476 e. The van der Waals surface area contributed by atoms with Gasteiger partial charge in [-0.25, -0.2) is 8.42 Å². The number of benzene rings is 2. The van der Waals surface area contributed by atoms with E-state index < -0.39 is 16.1 Å². The van der Waals surface area contributed by atoms with Crippen LogP contribution in [0.2, 0.25) is 0 Å². The summed E-state index contributed by atoms with van der Waals surface area (Å²) in [4.78, 5) is 15.0. The standard InChI is InChI=1S/C21H25N3O4S/c1-29(26,27)24-15-20(28-19-7-3-2-6-18(19)24)21(25)22-14-16-8-10-17(11-9-16)23-12-4-5-13-23/h2-3,6-11,20H,4-5,12-15H2,1H3,(H,22,25). The minimum atomic E-state index is -3.52. The summed E-state index contributed by atoms with van der Waals surface area (Å²) in [5.41, 5.74) is 2.64. The minimum absolute atomic E-state index is 0.0461. The van der Waals surface area contributed by atoms with Crippen molar-refractivity contribution in [2.24, 2.45) is 0 Å². The number of carbonyl (C=O) groups is 1. The average molecular weight is 416 g/mol. The summed E-state index contributed by atoms with van der Waals surface area (Å²) in [6, 6.07) is 15.0. The Labute approximate surface area is 171 Å². The van der Waals surface area contributed by atoms with Crippen molar-refractivity contribution >= 4 is 27.3 Å². The summed E-state index contributed by atoms with van der Waals surface area (Å²) in [5.74, 6) is 0.0519. The molecule has 1 unspecified atom stereocenters. The second-order valence-corrected chi connectivity index (χ2v) is 9.35. The molecular formula is C21H25N3O4S. The molecule has 4 rings (SSSR count). The van der Waals surface area contributed by atoms with E-state index in [0.29, 0.717) is 18.0 Å². The first kappa shape index (κ1) is 19.6. The van der Waals surface area contributed by atoms with Gasteiger partial charge in [-0.3, -0.25) is 9.10 Å². The van der Waals surface area contributed by atoms with E-state index in [9.17, 15) is 13.2 Å². The molecule has 0 aliphatic carbocycles. The zero-order valence-corrected chi connectivity index (χ0v) is 17.2. The van der Waals surface area contributed by atoms with Gasteiger partial charge in [0.05, 0.1) is 18.5 Å². The Morgan fingerprint density at radius 2 is 1.79 bits per heavy atom. The lowest BCUT2D eigenvalue weighted by molar-refractivity contribution is -0.127. The molecule has 1 saturated heterocycles. The topological polar surface area (TPSA) is 79.0 Å². The van der Waals surface area contributed by atoms with Crippen molar-refractivity contribution < 1.29 is 17.9 Å². The summed E-state index contributed by atoms with van der Waals surface area (Å²) in [5, 5.41) is 2.86. The van der Waals surface area contributed by atoms with E-state index in [1.807, 2.05) is 12.1 Å². The van der Waals surface area contributed by atoms with E-state index in [1.54, 1.807) is 24.3 Å². The van der Waals surface area contributed by atoms with Gasteiger partial charge in [-0.1, -0.05) is 24.3 Å². The molecule has 1 fully saturated rings. The quantitative estimate of drug-likeness (QED) is 0.809. The zero-order chi connectivity index (χ0) is 20.4. The number of para-hydroxylation sites is 2. The van der Waals surface area contributed by atoms with E-state index in [-0.39, 0.29) is 12.5 Å². The molecule has 1 atom stereocenters. The van der Waals surface area contributed by atoms with Crippen LogP contribution >= 0.6 is 0 Å². The molecule has 29 heavy (non-hydrogen) atoms. The van der Waals surface area contributed by atoms with Gasteiger partial charge in [-0.15, -0.1) is 0 Å². The number of hydrogen-bond acceptors (Lipinski definition) is 5. The summed E-state index contributed by atoms with van der Waals surface area (Å²) in [6.07, 6.45) is 2.69. The first-order valence-corrected chi connectivity index (χ1v) is 11.6. The second kappa shape index (κ2) is 7.94. The Hall–Kier alpha value is -2.74. The molecule has 2 aliphatic rings. The van der Waals surface area contributed by atoms with E-state index >= 15 is 0 Å². The van der Waals surface area contributed by atoms with Crippen LogP contribution < -0.4 is 19.3 Å². The van der Waals surface area contributed by atoms with E-state index in [4.69, 9.17) is 4.74 Å². The molecule has 7 nitrogen and oxygen atoms in total. The third-order valence-electron chi connectivity index (χ3n) is 5.30. The number of carbonyl (C=O) groups excluding carboxylic acids is 1. The molecule has 0 spiro atoms. The predicted octanol–water partition coefficient (Wildman–Crippen LogP) is 2.13. The molecule has 1 N–H and O–H groups in total. The lowest BCUT2D eigenvalue weighted by Crippen LogP contribution is -2.50. The maximum atomic E-state index is 12.7. The van der Waals surface area contributed by atoms with Crippen LogP contribution in [0, 0.1) is 0 Å². The monoisotopic (exact) mass is 415 g/mol. The van der Waals surface area contributed by atoms with Crippen molar-refractivity contribution in [1.82, 2.24) is 5.32 Å². The molecule has 0 radical (unpaired) electrons. The van der Waals surface area contributed by atoms with Crippen molar-refractivity contribution in [2.45, 2.75) is 25.5 Å². The number of nitrogens with one attached hydrogen (secondary N) is 1. The third kappa shape index (κ3) is 4.32. The van der Waals surface area contributed by atoms with Crippen LogP contribution in [0.3, 0.4) is 0 Å². The largest absolute Gasteiger partial charge is 0.476 e. The summed E-state index contributed by atoms with van der Waals surface area (Å²) in [6.45, 7) is 2.50. The van der Waals surface area contributed by atoms with E-state index in [2.05, 4.69) is 22.3 Å². The van der Waals surface area contributed by atoms with Gasteiger partial charge in [0.25, 0.3) is 5.91 Å². The van der Waals surface area contributed by atoms with Crippen LogP contribution in [0.5, 0.6) is 5.75 Å². The molecule has 154 valence electrons. The SMILES string of the molecule is CS(=O)(=O)N1CC(C(=O)NCc2ccc(N3CCCC3)cc2)Oc2ccccc21. The van der Waals surface area contributed by atoms with Gasteiger partial charge >= 0.3 is 0 Å². The van der Waals surface area contributed by atoms with Gasteiger partial charge in [0.2, 0.25) is 10.0 Å². The fourth-order valence-corrected chi connectivity index (χ4v) is 4.67. The van der Waals surface area contributed by atoms with Crippen molar-refractivity contribution in [1.29, 1.82) is 0 Å². The molecule has 1 amide bonds. The molecule has 8 heteroatoms. The molecule has 0 saturated carbocycles. The highest BCUT2D eigenvalue weighted by molar-refractivity contribution is 7.92. The molecular weight excluding hydrogens is 390 g/mol. The molecule has 0 aromatic heterocycles. The zero-order valence-electron chi connectivity index (χ0n) is 16.4.